The molecule has 4 aromatic rings. The molecule has 0 spiro atoms. The molecule has 1 N–H and O–H groups in total. The van der Waals surface area contributed by atoms with Crippen molar-refractivity contribution in [1.29, 1.82) is 0 Å². The maximum Gasteiger partial charge on any atom is 0.258 e. The van der Waals surface area contributed by atoms with Gasteiger partial charge < -0.3 is 5.32 Å². The van der Waals surface area contributed by atoms with Crippen molar-refractivity contribution < 1.29 is 4.79 Å². The van der Waals surface area contributed by atoms with E-state index in [0.29, 0.717) is 39.0 Å². The van der Waals surface area contributed by atoms with Crippen LogP contribution in [0.4, 0.5) is 5.69 Å². The highest BCUT2D eigenvalue weighted by atomic mass is 35.5. The fourth-order valence-electron chi connectivity index (χ4n) is 2.74. The number of nitrogens with zero attached hydrogens (tertiary/aromatic N) is 4. The Labute approximate surface area is 196 Å². The number of thiazole rings is 1. The minimum Gasteiger partial charge on any atom is -0.322 e. The SMILES string of the molecule is CC.CC.Cc1nn(Cc2cscn2)c2ncc(C(=O)Nc3ccc(Cl)cc3)c(Cl)c12. The van der Waals surface area contributed by atoms with Gasteiger partial charge in [0.25, 0.3) is 5.91 Å². The van der Waals surface area contributed by atoms with Crippen molar-refractivity contribution in [2.45, 2.75) is 41.2 Å². The summed E-state index contributed by atoms with van der Waals surface area (Å²) in [6.07, 6.45) is 1.47. The van der Waals surface area contributed by atoms with E-state index in [1.54, 1.807) is 34.5 Å². The molecule has 0 fully saturated rings. The lowest BCUT2D eigenvalue weighted by atomic mass is 10.2. The van der Waals surface area contributed by atoms with Crippen molar-refractivity contribution in [2.75, 3.05) is 5.32 Å². The van der Waals surface area contributed by atoms with Gasteiger partial charge in [-0.3, -0.25) is 4.79 Å². The molecule has 9 heteroatoms. The number of carbonyl (C=O) groups excluding carboxylic acids is 1. The minimum absolute atomic E-state index is 0.287. The first-order valence-corrected chi connectivity index (χ1v) is 11.7. The number of pyridine rings is 1. The van der Waals surface area contributed by atoms with Gasteiger partial charge in [0.15, 0.2) is 5.65 Å². The maximum atomic E-state index is 12.6. The first kappa shape index (κ1) is 24.8. The largest absolute Gasteiger partial charge is 0.322 e. The van der Waals surface area contributed by atoms with Gasteiger partial charge in [-0.05, 0) is 31.2 Å². The third kappa shape index (κ3) is 5.81. The van der Waals surface area contributed by atoms with Crippen molar-refractivity contribution in [3.63, 3.8) is 0 Å². The summed E-state index contributed by atoms with van der Waals surface area (Å²) in [5.74, 6) is -0.344. The molecule has 0 radical (unpaired) electrons. The molecular formula is C22H25Cl2N5OS. The number of amides is 1. The number of fused-ring (bicyclic) bond motifs is 1. The van der Waals surface area contributed by atoms with Crippen molar-refractivity contribution in [3.05, 3.63) is 68.3 Å². The standard InChI is InChI=1S/C18H13Cl2N5OS.2C2H6/c1-10-15-16(20)14(18(26)23-12-4-2-11(19)3-5-12)6-21-17(15)25(24-10)7-13-8-27-9-22-13;2*1-2/h2-6,8-9H,7H2,1H3,(H,23,26);2*1-2H3. The molecular weight excluding hydrogens is 453 g/mol. The summed E-state index contributed by atoms with van der Waals surface area (Å²) in [6, 6.07) is 6.84. The van der Waals surface area contributed by atoms with E-state index < -0.39 is 0 Å². The Bertz CT molecular complexity index is 1130. The number of nitrogens with one attached hydrogen (secondary N) is 1. The smallest absolute Gasteiger partial charge is 0.258 e. The average molecular weight is 478 g/mol. The van der Waals surface area contributed by atoms with Crippen molar-refractivity contribution in [3.8, 4) is 0 Å². The van der Waals surface area contributed by atoms with Gasteiger partial charge in [-0.15, -0.1) is 11.3 Å². The lowest BCUT2D eigenvalue weighted by Crippen LogP contribution is -2.13. The van der Waals surface area contributed by atoms with Gasteiger partial charge in [0.1, 0.15) is 0 Å². The Hall–Kier alpha value is -2.48. The highest BCUT2D eigenvalue weighted by Crippen LogP contribution is 2.29. The van der Waals surface area contributed by atoms with Crippen LogP contribution in [0.3, 0.4) is 0 Å². The van der Waals surface area contributed by atoms with Crippen LogP contribution in [0.15, 0.2) is 41.4 Å². The van der Waals surface area contributed by atoms with Gasteiger partial charge in [0.2, 0.25) is 0 Å². The summed E-state index contributed by atoms with van der Waals surface area (Å²) >= 11 is 13.9. The molecule has 0 aliphatic carbocycles. The number of hydrogen-bond donors (Lipinski definition) is 1. The second-order valence-electron chi connectivity index (χ2n) is 5.87. The van der Waals surface area contributed by atoms with Crippen LogP contribution >= 0.6 is 34.5 Å². The molecule has 0 bridgehead atoms. The molecule has 164 valence electrons. The molecule has 0 saturated heterocycles. The fourth-order valence-corrected chi connectivity index (χ4v) is 3.78. The summed E-state index contributed by atoms with van der Waals surface area (Å²) in [6.45, 7) is 10.3. The second kappa shape index (κ2) is 11.8. The zero-order valence-corrected chi connectivity index (χ0v) is 20.4. The van der Waals surface area contributed by atoms with E-state index >= 15 is 0 Å². The minimum atomic E-state index is -0.344. The van der Waals surface area contributed by atoms with E-state index in [1.807, 2.05) is 40.0 Å². The van der Waals surface area contributed by atoms with Gasteiger partial charge in [0.05, 0.1) is 39.4 Å². The highest BCUT2D eigenvalue weighted by Gasteiger charge is 2.19. The van der Waals surface area contributed by atoms with Gasteiger partial charge in [-0.1, -0.05) is 50.9 Å². The van der Waals surface area contributed by atoms with E-state index in [-0.39, 0.29) is 11.5 Å². The number of anilines is 1. The van der Waals surface area contributed by atoms with E-state index in [9.17, 15) is 4.79 Å². The third-order valence-corrected chi connectivity index (χ3v) is 5.29. The first-order valence-electron chi connectivity index (χ1n) is 9.98. The van der Waals surface area contributed by atoms with E-state index in [1.165, 1.54) is 17.5 Å². The molecule has 6 nitrogen and oxygen atoms in total. The Balaban J connectivity index is 0.000000807. The van der Waals surface area contributed by atoms with E-state index in [4.69, 9.17) is 23.2 Å². The third-order valence-electron chi connectivity index (χ3n) is 4.01. The maximum absolute atomic E-state index is 12.6. The Morgan fingerprint density at radius 3 is 2.39 bits per heavy atom. The number of aryl methyl sites for hydroxylation is 1. The summed E-state index contributed by atoms with van der Waals surface area (Å²) in [5, 5.41) is 10.8. The van der Waals surface area contributed by atoms with Crippen molar-refractivity contribution in [2.24, 2.45) is 0 Å². The lowest BCUT2D eigenvalue weighted by Gasteiger charge is -2.08. The van der Waals surface area contributed by atoms with Crippen LogP contribution in [0.1, 0.15) is 49.4 Å². The number of hydrogen-bond acceptors (Lipinski definition) is 5. The van der Waals surface area contributed by atoms with Crippen LogP contribution in [0.2, 0.25) is 10.0 Å². The number of rotatable bonds is 4. The molecule has 1 amide bonds. The Kier molecular flexibility index (Phi) is 9.43. The van der Waals surface area contributed by atoms with Crippen LogP contribution in [0.5, 0.6) is 0 Å². The number of benzene rings is 1. The highest BCUT2D eigenvalue weighted by molar-refractivity contribution is 7.07. The molecule has 3 aromatic heterocycles. The van der Waals surface area contributed by atoms with E-state index in [2.05, 4.69) is 20.4 Å². The van der Waals surface area contributed by atoms with Crippen molar-refractivity contribution >= 4 is 57.2 Å². The normalized spacial score (nSPS) is 10.0. The summed E-state index contributed by atoms with van der Waals surface area (Å²) < 4.78 is 1.74. The summed E-state index contributed by atoms with van der Waals surface area (Å²) in [7, 11) is 0. The zero-order chi connectivity index (χ0) is 23.0. The van der Waals surface area contributed by atoms with Crippen LogP contribution in [-0.4, -0.2) is 25.7 Å². The zero-order valence-electron chi connectivity index (χ0n) is 18.1. The monoisotopic (exact) mass is 477 g/mol. The molecule has 31 heavy (non-hydrogen) atoms. The Morgan fingerprint density at radius 2 is 1.77 bits per heavy atom. The van der Waals surface area contributed by atoms with Crippen molar-refractivity contribution in [1.82, 2.24) is 19.7 Å². The predicted molar refractivity (Wildman–Crippen MR) is 131 cm³/mol. The molecule has 0 saturated carbocycles. The summed E-state index contributed by atoms with van der Waals surface area (Å²) in [4.78, 5) is 21.3. The molecule has 3 heterocycles. The van der Waals surface area contributed by atoms with Gasteiger partial charge in [-0.2, -0.15) is 5.10 Å². The van der Waals surface area contributed by atoms with Crippen LogP contribution in [0, 0.1) is 6.92 Å². The molecule has 0 unspecified atom stereocenters. The predicted octanol–water partition coefficient (Wildman–Crippen LogP) is 6.86. The summed E-state index contributed by atoms with van der Waals surface area (Å²) in [5.41, 5.74) is 4.90. The van der Waals surface area contributed by atoms with Gasteiger partial charge in [-0.25, -0.2) is 14.6 Å². The van der Waals surface area contributed by atoms with Crippen LogP contribution < -0.4 is 5.32 Å². The molecule has 0 aliphatic rings. The molecule has 0 atom stereocenters. The van der Waals surface area contributed by atoms with E-state index in [0.717, 1.165) is 5.69 Å². The topological polar surface area (TPSA) is 72.7 Å². The van der Waals surface area contributed by atoms with Crippen LogP contribution in [-0.2, 0) is 6.54 Å². The second-order valence-corrected chi connectivity index (χ2v) is 7.40. The number of carbonyl (C=O) groups is 1. The number of halogens is 2. The van der Waals surface area contributed by atoms with Crippen LogP contribution in [0.25, 0.3) is 11.0 Å². The first-order chi connectivity index (χ1) is 15.0. The molecule has 4 rings (SSSR count). The molecule has 0 aliphatic heterocycles. The molecule has 1 aromatic carbocycles. The Morgan fingerprint density at radius 1 is 1.10 bits per heavy atom. The average Bonchev–Trinajstić information content (AvgIpc) is 3.41. The van der Waals surface area contributed by atoms with Gasteiger partial charge >= 0.3 is 0 Å². The number of aromatic nitrogens is 4. The lowest BCUT2D eigenvalue weighted by molar-refractivity contribution is 0.102. The quantitative estimate of drug-likeness (QED) is 0.348. The fraction of sp³-hybridized carbons (Fsp3) is 0.273. The van der Waals surface area contributed by atoms with Gasteiger partial charge in [0, 0.05) is 22.3 Å².